The minimum Gasteiger partial charge on any atom is -0.494 e. The van der Waals surface area contributed by atoms with Crippen LogP contribution in [0.2, 0.25) is 0 Å². The summed E-state index contributed by atoms with van der Waals surface area (Å²) in [6.07, 6.45) is 0.763. The zero-order chi connectivity index (χ0) is 13.7. The number of nitrogens with zero attached hydrogens (tertiary/aromatic N) is 2. The Morgan fingerprint density at radius 3 is 2.37 bits per heavy atom. The predicted molar refractivity (Wildman–Crippen MR) is 76.8 cm³/mol. The van der Waals surface area contributed by atoms with Gasteiger partial charge in [0.1, 0.15) is 21.9 Å². The average molecular weight is 323 g/mol. The van der Waals surface area contributed by atoms with Gasteiger partial charge in [-0.15, -0.1) is 0 Å². The minimum atomic E-state index is 0.530. The van der Waals surface area contributed by atoms with Gasteiger partial charge in [0.15, 0.2) is 0 Å². The van der Waals surface area contributed by atoms with Crippen LogP contribution in [0.15, 0.2) is 34.9 Å². The van der Waals surface area contributed by atoms with Crippen molar-refractivity contribution in [1.82, 2.24) is 9.97 Å². The Morgan fingerprint density at radius 2 is 1.74 bits per heavy atom. The van der Waals surface area contributed by atoms with Crippen molar-refractivity contribution >= 4 is 15.9 Å². The molecule has 0 radical (unpaired) electrons. The second kappa shape index (κ2) is 6.52. The van der Waals surface area contributed by atoms with E-state index in [-0.39, 0.29) is 0 Å². The Kier molecular flexibility index (Phi) is 4.74. The molecule has 4 nitrogen and oxygen atoms in total. The van der Waals surface area contributed by atoms with E-state index in [1.165, 1.54) is 0 Å². The maximum Gasteiger partial charge on any atom is 0.223 e. The van der Waals surface area contributed by atoms with Crippen molar-refractivity contribution in [3.8, 4) is 17.4 Å². The van der Waals surface area contributed by atoms with E-state index in [1.54, 1.807) is 6.07 Å². The summed E-state index contributed by atoms with van der Waals surface area (Å²) in [6.45, 7) is 4.61. The fourth-order valence-corrected chi connectivity index (χ4v) is 1.94. The van der Waals surface area contributed by atoms with Crippen molar-refractivity contribution in [3.63, 3.8) is 0 Å². The van der Waals surface area contributed by atoms with E-state index in [9.17, 15) is 0 Å². The smallest absolute Gasteiger partial charge is 0.223 e. The molecule has 0 atom stereocenters. The molecular weight excluding hydrogens is 308 g/mol. The van der Waals surface area contributed by atoms with Gasteiger partial charge < -0.3 is 9.47 Å². The number of aromatic nitrogens is 2. The molecular formula is C14H15BrN2O2. The summed E-state index contributed by atoms with van der Waals surface area (Å²) in [5, 5.41) is 0. The number of ether oxygens (including phenoxy) is 2. The van der Waals surface area contributed by atoms with E-state index in [1.807, 2.05) is 38.1 Å². The van der Waals surface area contributed by atoms with Gasteiger partial charge in [-0.05, 0) is 47.1 Å². The molecule has 1 heterocycles. The highest BCUT2D eigenvalue weighted by Gasteiger charge is 2.04. The van der Waals surface area contributed by atoms with Gasteiger partial charge >= 0.3 is 0 Å². The first-order valence-corrected chi connectivity index (χ1v) is 6.94. The highest BCUT2D eigenvalue weighted by Crippen LogP contribution is 2.24. The zero-order valence-corrected chi connectivity index (χ0v) is 12.5. The first-order valence-electron chi connectivity index (χ1n) is 6.15. The molecule has 0 fully saturated rings. The van der Waals surface area contributed by atoms with Crippen LogP contribution in [0, 0.1) is 0 Å². The minimum absolute atomic E-state index is 0.530. The Balaban J connectivity index is 2.14. The van der Waals surface area contributed by atoms with Crippen molar-refractivity contribution in [1.29, 1.82) is 0 Å². The fourth-order valence-electron chi connectivity index (χ4n) is 1.54. The number of hydrogen-bond acceptors (Lipinski definition) is 4. The molecule has 0 saturated carbocycles. The van der Waals surface area contributed by atoms with Crippen LogP contribution < -0.4 is 9.47 Å². The van der Waals surface area contributed by atoms with E-state index in [0.717, 1.165) is 28.3 Å². The predicted octanol–water partition coefficient (Wildman–Crippen LogP) is 3.99. The molecule has 0 aliphatic heterocycles. The van der Waals surface area contributed by atoms with Gasteiger partial charge in [0.2, 0.25) is 5.88 Å². The first kappa shape index (κ1) is 13.8. The van der Waals surface area contributed by atoms with Crippen molar-refractivity contribution in [2.75, 3.05) is 6.61 Å². The Morgan fingerprint density at radius 1 is 1.05 bits per heavy atom. The van der Waals surface area contributed by atoms with Gasteiger partial charge in [-0.3, -0.25) is 0 Å². The number of rotatable bonds is 5. The summed E-state index contributed by atoms with van der Waals surface area (Å²) in [4.78, 5) is 8.55. The van der Waals surface area contributed by atoms with Gasteiger partial charge in [-0.2, -0.15) is 4.98 Å². The molecule has 100 valence electrons. The van der Waals surface area contributed by atoms with Crippen molar-refractivity contribution in [2.45, 2.75) is 20.3 Å². The van der Waals surface area contributed by atoms with E-state index < -0.39 is 0 Å². The Labute approximate surface area is 120 Å². The zero-order valence-electron chi connectivity index (χ0n) is 10.9. The van der Waals surface area contributed by atoms with Gasteiger partial charge in [0.05, 0.1) is 6.61 Å². The van der Waals surface area contributed by atoms with Crippen LogP contribution in [0.25, 0.3) is 0 Å². The van der Waals surface area contributed by atoms with E-state index in [0.29, 0.717) is 12.5 Å². The van der Waals surface area contributed by atoms with Crippen molar-refractivity contribution < 1.29 is 9.47 Å². The number of halogens is 1. The largest absolute Gasteiger partial charge is 0.494 e. The highest BCUT2D eigenvalue weighted by molar-refractivity contribution is 9.10. The van der Waals surface area contributed by atoms with Gasteiger partial charge in [-0.25, -0.2) is 4.98 Å². The summed E-state index contributed by atoms with van der Waals surface area (Å²) < 4.78 is 11.8. The molecule has 0 unspecified atom stereocenters. The van der Waals surface area contributed by atoms with Gasteiger partial charge in [-0.1, -0.05) is 6.92 Å². The number of benzene rings is 1. The van der Waals surface area contributed by atoms with Crippen LogP contribution >= 0.6 is 15.9 Å². The van der Waals surface area contributed by atoms with Crippen LogP contribution in [0.5, 0.6) is 17.4 Å². The Hall–Kier alpha value is -1.62. The average Bonchev–Trinajstić information content (AvgIpc) is 2.40. The maximum atomic E-state index is 5.70. The summed E-state index contributed by atoms with van der Waals surface area (Å²) in [7, 11) is 0. The topological polar surface area (TPSA) is 44.2 Å². The van der Waals surface area contributed by atoms with E-state index in [4.69, 9.17) is 9.47 Å². The standard InChI is InChI=1S/C14H15BrN2O2/c1-3-13-16-12(15)9-14(17-13)19-11-7-5-10(6-8-11)18-4-2/h5-9H,3-4H2,1-2H3. The fraction of sp³-hybridized carbons (Fsp3) is 0.286. The lowest BCUT2D eigenvalue weighted by Crippen LogP contribution is -1.96. The van der Waals surface area contributed by atoms with Gasteiger partial charge in [0, 0.05) is 12.5 Å². The van der Waals surface area contributed by atoms with Crippen LogP contribution in [-0.2, 0) is 6.42 Å². The molecule has 1 aromatic carbocycles. The lowest BCUT2D eigenvalue weighted by molar-refractivity contribution is 0.339. The summed E-state index contributed by atoms with van der Waals surface area (Å²) in [6, 6.07) is 9.19. The molecule has 2 aromatic rings. The number of aryl methyl sites for hydroxylation is 1. The third kappa shape index (κ3) is 3.92. The molecule has 0 aliphatic rings. The molecule has 0 amide bonds. The molecule has 0 aliphatic carbocycles. The molecule has 0 bridgehead atoms. The number of hydrogen-bond donors (Lipinski definition) is 0. The van der Waals surface area contributed by atoms with Crippen LogP contribution in [0.4, 0.5) is 0 Å². The second-order valence-electron chi connectivity index (χ2n) is 3.81. The van der Waals surface area contributed by atoms with E-state index in [2.05, 4.69) is 25.9 Å². The lowest BCUT2D eigenvalue weighted by atomic mass is 10.3. The molecule has 5 heteroatoms. The second-order valence-corrected chi connectivity index (χ2v) is 4.62. The van der Waals surface area contributed by atoms with Gasteiger partial charge in [0.25, 0.3) is 0 Å². The lowest BCUT2D eigenvalue weighted by Gasteiger charge is -2.07. The first-order chi connectivity index (χ1) is 9.21. The third-order valence-electron chi connectivity index (χ3n) is 2.39. The summed E-state index contributed by atoms with van der Waals surface area (Å²) in [5.74, 6) is 2.82. The quantitative estimate of drug-likeness (QED) is 0.781. The highest BCUT2D eigenvalue weighted by atomic mass is 79.9. The molecule has 0 N–H and O–H groups in total. The van der Waals surface area contributed by atoms with Crippen LogP contribution in [-0.4, -0.2) is 16.6 Å². The molecule has 2 rings (SSSR count). The molecule has 0 saturated heterocycles. The maximum absolute atomic E-state index is 5.70. The van der Waals surface area contributed by atoms with Crippen molar-refractivity contribution in [2.24, 2.45) is 0 Å². The molecule has 0 spiro atoms. The van der Waals surface area contributed by atoms with Crippen LogP contribution in [0.1, 0.15) is 19.7 Å². The Bertz CT molecular complexity index is 544. The van der Waals surface area contributed by atoms with Crippen LogP contribution in [0.3, 0.4) is 0 Å². The summed E-state index contributed by atoms with van der Waals surface area (Å²) >= 11 is 3.35. The molecule has 1 aromatic heterocycles. The normalized spacial score (nSPS) is 10.3. The van der Waals surface area contributed by atoms with Crippen molar-refractivity contribution in [3.05, 3.63) is 40.8 Å². The summed E-state index contributed by atoms with van der Waals surface area (Å²) in [5.41, 5.74) is 0. The third-order valence-corrected chi connectivity index (χ3v) is 2.80. The SMILES string of the molecule is CCOc1ccc(Oc2cc(Br)nc(CC)n2)cc1. The molecule has 19 heavy (non-hydrogen) atoms. The van der Waals surface area contributed by atoms with E-state index >= 15 is 0 Å². The monoisotopic (exact) mass is 322 g/mol.